The van der Waals surface area contributed by atoms with Gasteiger partial charge in [0, 0.05) is 10.8 Å². The summed E-state index contributed by atoms with van der Waals surface area (Å²) in [7, 11) is 0. The van der Waals surface area contributed by atoms with Gasteiger partial charge < -0.3 is 4.42 Å². The molecule has 0 N–H and O–H groups in total. The first-order valence-electron chi connectivity index (χ1n) is 16.9. The largest absolute Gasteiger partial charge is 0.456 e. The Bertz CT molecular complexity index is 2700. The molecule has 1 aromatic heterocycles. The summed E-state index contributed by atoms with van der Waals surface area (Å²) in [4.78, 5) is 0. The summed E-state index contributed by atoms with van der Waals surface area (Å²) >= 11 is 0. The van der Waals surface area contributed by atoms with Crippen LogP contribution >= 0.6 is 0 Å². The molecule has 1 heteroatoms. The summed E-state index contributed by atoms with van der Waals surface area (Å²) in [5.41, 5.74) is 6.98. The average molecular weight is 552 g/mol. The highest BCUT2D eigenvalue weighted by Gasteiger charge is 2.18. The van der Waals surface area contributed by atoms with Crippen LogP contribution in [0.3, 0.4) is 0 Å². The number of fused-ring (bicyclic) bond motifs is 6. The van der Waals surface area contributed by atoms with Gasteiger partial charge in [-0.05, 0) is 96.0 Å². The van der Waals surface area contributed by atoms with Crippen molar-refractivity contribution in [2.75, 3.05) is 0 Å². The number of hydrogen-bond acceptors (Lipinski definition) is 1. The molecule has 0 saturated heterocycles. The van der Waals surface area contributed by atoms with Crippen molar-refractivity contribution < 1.29 is 11.3 Å². The van der Waals surface area contributed by atoms with Crippen molar-refractivity contribution in [1.82, 2.24) is 0 Å². The Morgan fingerprint density at radius 3 is 1.67 bits per heavy atom. The fourth-order valence-electron chi connectivity index (χ4n) is 6.58. The first-order valence-corrected chi connectivity index (χ1v) is 14.4. The lowest BCUT2D eigenvalue weighted by atomic mass is 9.86. The van der Waals surface area contributed by atoms with Gasteiger partial charge in [0.15, 0.2) is 0 Å². The molecule has 1 heterocycles. The van der Waals surface area contributed by atoms with E-state index in [0.717, 1.165) is 38.3 Å². The molecule has 0 atom stereocenters. The second-order valence-electron chi connectivity index (χ2n) is 10.9. The van der Waals surface area contributed by atoms with Gasteiger partial charge in [-0.15, -0.1) is 0 Å². The lowest BCUT2D eigenvalue weighted by Gasteiger charge is -2.17. The van der Waals surface area contributed by atoms with Gasteiger partial charge in [-0.2, -0.15) is 0 Å². The summed E-state index contributed by atoms with van der Waals surface area (Å²) in [6, 6.07) is 42.4. The second-order valence-corrected chi connectivity index (χ2v) is 10.9. The summed E-state index contributed by atoms with van der Waals surface area (Å²) in [5, 5.41) is 8.51. The molecule has 0 bridgehead atoms. The monoisotopic (exact) mass is 551 g/mol. The molecular weight excluding hydrogens is 520 g/mol. The molecule has 0 aliphatic rings. The number of furan rings is 1. The fraction of sp³-hybridized carbons (Fsp3) is 0. The first kappa shape index (κ1) is 19.5. The van der Waals surface area contributed by atoms with Crippen molar-refractivity contribution in [2.45, 2.75) is 0 Å². The van der Waals surface area contributed by atoms with Gasteiger partial charge in [0.05, 0.1) is 6.85 Å². The van der Waals surface area contributed by atoms with Crippen LogP contribution in [0.2, 0.25) is 0 Å². The first-order chi connectivity index (χ1) is 23.4. The van der Waals surface area contributed by atoms with Crippen molar-refractivity contribution >= 4 is 54.3 Å². The maximum Gasteiger partial charge on any atom is 0.136 e. The summed E-state index contributed by atoms with van der Waals surface area (Å²) in [5.74, 6) is 0. The van der Waals surface area contributed by atoms with Gasteiger partial charge in [-0.25, -0.2) is 0 Å². The van der Waals surface area contributed by atoms with Crippen LogP contribution in [0.1, 0.15) is 6.85 Å². The third kappa shape index (κ3) is 3.79. The van der Waals surface area contributed by atoms with Crippen LogP contribution < -0.4 is 0 Å². The highest BCUT2D eigenvalue weighted by molar-refractivity contribution is 6.22. The Morgan fingerprint density at radius 1 is 0.372 bits per heavy atom. The van der Waals surface area contributed by atoms with Gasteiger partial charge in [-0.3, -0.25) is 0 Å². The van der Waals surface area contributed by atoms with Gasteiger partial charge >= 0.3 is 0 Å². The van der Waals surface area contributed by atoms with Crippen LogP contribution in [-0.4, -0.2) is 0 Å². The van der Waals surface area contributed by atoms with E-state index in [4.69, 9.17) is 11.3 Å². The maximum absolute atomic E-state index is 8.49. The highest BCUT2D eigenvalue weighted by atomic mass is 16.3. The number of benzene rings is 8. The molecule has 0 saturated carbocycles. The zero-order chi connectivity index (χ0) is 32.7. The molecule has 0 radical (unpaired) electrons. The van der Waals surface area contributed by atoms with Crippen molar-refractivity contribution in [3.63, 3.8) is 0 Å². The Kier molecular flexibility index (Phi) is 4.27. The third-order valence-corrected chi connectivity index (χ3v) is 8.50. The van der Waals surface area contributed by atoms with Crippen LogP contribution in [0.25, 0.3) is 87.6 Å². The minimum absolute atomic E-state index is 0.194. The van der Waals surface area contributed by atoms with Crippen LogP contribution in [0.15, 0.2) is 162 Å². The highest BCUT2D eigenvalue weighted by Crippen LogP contribution is 2.45. The molecule has 0 aliphatic heterocycles. The molecular formula is C42H26O. The summed E-state index contributed by atoms with van der Waals surface area (Å²) in [6.07, 6.45) is 0. The average Bonchev–Trinajstić information content (AvgIpc) is 3.48. The molecule has 0 spiro atoms. The van der Waals surface area contributed by atoms with Crippen molar-refractivity contribution in [3.8, 4) is 33.4 Å². The van der Waals surface area contributed by atoms with E-state index < -0.39 is 6.04 Å². The maximum atomic E-state index is 8.49. The fourth-order valence-corrected chi connectivity index (χ4v) is 6.58. The van der Waals surface area contributed by atoms with E-state index in [9.17, 15) is 0 Å². The Balaban J connectivity index is 1.28. The van der Waals surface area contributed by atoms with E-state index in [-0.39, 0.29) is 29.7 Å². The molecule has 43 heavy (non-hydrogen) atoms. The Hall–Kier alpha value is -5.66. The SMILES string of the molecule is [2H]c1c([2H])c([2H])c(-c2ccc3cc4oc5ccc(-c6c7ccccc7c(-c7ccccc7)c7ccccc67)cc5c4cc3c2)c([2H])c1[2H]. The van der Waals surface area contributed by atoms with E-state index in [1.54, 1.807) is 6.07 Å². The topological polar surface area (TPSA) is 13.1 Å². The van der Waals surface area contributed by atoms with Crippen molar-refractivity contribution in [3.05, 3.63) is 158 Å². The summed E-state index contributed by atoms with van der Waals surface area (Å²) in [6.45, 7) is 0. The number of hydrogen-bond donors (Lipinski definition) is 0. The molecule has 0 amide bonds. The predicted octanol–water partition coefficient (Wildman–Crippen LogP) is 12.0. The Morgan fingerprint density at radius 2 is 0.977 bits per heavy atom. The Labute approximate surface area is 256 Å². The molecule has 9 rings (SSSR count). The van der Waals surface area contributed by atoms with Crippen LogP contribution in [0.5, 0.6) is 0 Å². The van der Waals surface area contributed by atoms with Crippen LogP contribution in [-0.2, 0) is 0 Å². The molecule has 0 unspecified atom stereocenters. The van der Waals surface area contributed by atoms with Crippen LogP contribution in [0, 0.1) is 0 Å². The zero-order valence-electron chi connectivity index (χ0n) is 28.0. The predicted molar refractivity (Wildman–Crippen MR) is 183 cm³/mol. The number of rotatable bonds is 3. The third-order valence-electron chi connectivity index (χ3n) is 8.50. The molecule has 0 aliphatic carbocycles. The zero-order valence-corrected chi connectivity index (χ0v) is 23.0. The van der Waals surface area contributed by atoms with E-state index in [1.165, 1.54) is 38.2 Å². The van der Waals surface area contributed by atoms with Gasteiger partial charge in [-0.1, -0.05) is 127 Å². The van der Waals surface area contributed by atoms with Gasteiger partial charge in [0.25, 0.3) is 0 Å². The summed E-state index contributed by atoms with van der Waals surface area (Å²) < 4.78 is 47.6. The minimum atomic E-state index is -0.396. The molecule has 200 valence electrons. The smallest absolute Gasteiger partial charge is 0.136 e. The second kappa shape index (κ2) is 9.44. The van der Waals surface area contributed by atoms with Crippen LogP contribution in [0.4, 0.5) is 0 Å². The molecule has 0 fully saturated rings. The normalized spacial score (nSPS) is 13.3. The van der Waals surface area contributed by atoms with E-state index >= 15 is 0 Å². The van der Waals surface area contributed by atoms with E-state index in [0.29, 0.717) is 5.56 Å². The molecule has 1 nitrogen and oxygen atoms in total. The lowest BCUT2D eigenvalue weighted by molar-refractivity contribution is 0.669. The van der Waals surface area contributed by atoms with Crippen molar-refractivity contribution in [1.29, 1.82) is 0 Å². The molecule has 9 aromatic rings. The van der Waals surface area contributed by atoms with E-state index in [1.807, 2.05) is 30.3 Å². The van der Waals surface area contributed by atoms with Gasteiger partial charge in [0.1, 0.15) is 11.2 Å². The molecule has 8 aromatic carbocycles. The minimum Gasteiger partial charge on any atom is -0.456 e. The van der Waals surface area contributed by atoms with Gasteiger partial charge in [0.2, 0.25) is 0 Å². The standard InChI is InChI=1S/C42H26O/c1-3-11-27(12-4-1)29-19-20-30-26-40-38(25-32(30)23-29)37-24-31(21-22-39(37)43-40)42-35-17-9-7-15-33(35)41(28-13-5-2-6-14-28)34-16-8-10-18-36(34)42/h1-26H/i1D,3D,4D,11D,12D. The van der Waals surface area contributed by atoms with E-state index in [2.05, 4.69) is 91.0 Å². The quantitative estimate of drug-likeness (QED) is 0.199. The van der Waals surface area contributed by atoms with Crippen molar-refractivity contribution in [2.24, 2.45) is 0 Å². The lowest BCUT2D eigenvalue weighted by Crippen LogP contribution is -1.90.